The number of hydrogen-bond acceptors (Lipinski definition) is 6. The van der Waals surface area contributed by atoms with E-state index in [1.807, 2.05) is 36.5 Å². The summed E-state index contributed by atoms with van der Waals surface area (Å²) in [5, 5.41) is 28.9. The summed E-state index contributed by atoms with van der Waals surface area (Å²) in [5.74, 6) is -2.51. The molecule has 1 amide bonds. The molecule has 1 heterocycles. The average Bonchev–Trinajstić information content (AvgIpc) is 3.52. The predicted molar refractivity (Wildman–Crippen MR) is 242 cm³/mol. The Morgan fingerprint density at radius 2 is 1.34 bits per heavy atom. The number of amides is 1. The first-order chi connectivity index (χ1) is 29.4. The highest BCUT2D eigenvalue weighted by Crippen LogP contribution is 2.26. The van der Waals surface area contributed by atoms with Gasteiger partial charge in [-0.2, -0.15) is 0 Å². The van der Waals surface area contributed by atoms with Gasteiger partial charge in [0.1, 0.15) is 0 Å². The van der Waals surface area contributed by atoms with Gasteiger partial charge >= 0.3 is 11.9 Å². The minimum Gasteiger partial charge on any atom is -0.478 e. The number of ketones is 1. The molecule has 0 saturated carbocycles. The predicted octanol–water partition coefficient (Wildman–Crippen LogP) is 9.96. The van der Waals surface area contributed by atoms with Crippen LogP contribution in [0.3, 0.4) is 0 Å². The number of anilines is 2. The van der Waals surface area contributed by atoms with Crippen LogP contribution in [0.2, 0.25) is 10.0 Å². The van der Waals surface area contributed by atoms with E-state index in [1.165, 1.54) is 38.9 Å². The Hall–Kier alpha value is -7.07. The van der Waals surface area contributed by atoms with E-state index in [-0.39, 0.29) is 22.8 Å². The van der Waals surface area contributed by atoms with E-state index in [0.717, 1.165) is 53.9 Å². The Morgan fingerprint density at radius 1 is 0.672 bits per heavy atom. The van der Waals surface area contributed by atoms with Gasteiger partial charge < -0.3 is 20.8 Å². The van der Waals surface area contributed by atoms with E-state index >= 15 is 0 Å². The third-order valence-corrected chi connectivity index (χ3v) is 10.7. The molecule has 9 rings (SSSR count). The van der Waals surface area contributed by atoms with Crippen molar-refractivity contribution in [2.75, 3.05) is 10.6 Å². The second-order valence-electron chi connectivity index (χ2n) is 14.5. The summed E-state index contributed by atoms with van der Waals surface area (Å²) in [4.78, 5) is 51.5. The summed E-state index contributed by atoms with van der Waals surface area (Å²) >= 11 is 12.0. The molecule has 0 bridgehead atoms. The number of carboxylic acids is 2. The highest BCUT2D eigenvalue weighted by molar-refractivity contribution is 6.35. The Kier molecular flexibility index (Phi) is 13.0. The zero-order valence-electron chi connectivity index (χ0n) is 32.9. The number of rotatable bonds is 6. The Balaban J connectivity index is 0.000000189. The fourth-order valence-corrected chi connectivity index (χ4v) is 8.03. The first-order valence-corrected chi connectivity index (χ1v) is 20.2. The fraction of sp³-hybridized carbons (Fsp3) is 0.100. The molecule has 11 heteroatoms. The van der Waals surface area contributed by atoms with Crippen molar-refractivity contribution in [2.45, 2.75) is 32.6 Å². The van der Waals surface area contributed by atoms with E-state index in [4.69, 9.17) is 33.4 Å². The molecule has 61 heavy (non-hydrogen) atoms. The highest BCUT2D eigenvalue weighted by Gasteiger charge is 2.21. The minimum atomic E-state index is -1.12. The van der Waals surface area contributed by atoms with Crippen LogP contribution in [0.25, 0.3) is 11.6 Å². The number of fused-ring (bicyclic) bond motifs is 5. The van der Waals surface area contributed by atoms with E-state index in [1.54, 1.807) is 55.6 Å². The van der Waals surface area contributed by atoms with Gasteiger partial charge in [0.2, 0.25) is 0 Å². The molecule has 6 aromatic carbocycles. The monoisotopic (exact) mass is 847 g/mol. The van der Waals surface area contributed by atoms with Crippen molar-refractivity contribution in [1.29, 1.82) is 0 Å². The van der Waals surface area contributed by atoms with Gasteiger partial charge in [-0.3, -0.25) is 14.6 Å². The third kappa shape index (κ3) is 10.0. The number of aromatic carboxylic acids is 2. The quantitative estimate of drug-likeness (QED) is 0.122. The number of Topliss-reactive ketones (excluding diaryl/α,β-unsaturated/α-hetero) is 1. The van der Waals surface area contributed by atoms with E-state index in [9.17, 15) is 19.2 Å². The van der Waals surface area contributed by atoms with Crippen molar-refractivity contribution in [3.05, 3.63) is 203 Å². The van der Waals surface area contributed by atoms with Crippen molar-refractivity contribution in [1.82, 2.24) is 0 Å². The van der Waals surface area contributed by atoms with Crippen LogP contribution in [-0.4, -0.2) is 40.1 Å². The van der Waals surface area contributed by atoms with Crippen LogP contribution in [0.1, 0.15) is 71.0 Å². The second-order valence-corrected chi connectivity index (χ2v) is 15.3. The number of hydrogen-bond donors (Lipinski definition) is 4. The molecule has 0 aromatic heterocycles. The lowest BCUT2D eigenvalue weighted by molar-refractivity contribution is 0.0696. The van der Waals surface area contributed by atoms with Crippen LogP contribution >= 0.6 is 23.2 Å². The molecule has 0 atom stereocenters. The van der Waals surface area contributed by atoms with Crippen LogP contribution in [0.15, 0.2) is 139 Å². The molecule has 0 spiro atoms. The van der Waals surface area contributed by atoms with Gasteiger partial charge in [0.25, 0.3) is 5.91 Å². The van der Waals surface area contributed by atoms with Gasteiger partial charge in [0.05, 0.1) is 22.5 Å². The lowest BCUT2D eigenvalue weighted by Crippen LogP contribution is -2.25. The normalized spacial score (nSPS) is 12.7. The van der Waals surface area contributed by atoms with Crippen LogP contribution in [0.4, 0.5) is 17.1 Å². The van der Waals surface area contributed by atoms with Crippen molar-refractivity contribution in [2.24, 2.45) is 4.99 Å². The molecule has 0 unspecified atom stereocenters. The van der Waals surface area contributed by atoms with Crippen LogP contribution in [0.5, 0.6) is 0 Å². The third-order valence-electron chi connectivity index (χ3n) is 10.3. The van der Waals surface area contributed by atoms with Gasteiger partial charge in [-0.15, -0.1) is 0 Å². The van der Waals surface area contributed by atoms with E-state index in [2.05, 4.69) is 58.1 Å². The molecular formula is C50H39Cl2N3O6. The number of carboxylic acid groups (broad SMARTS) is 2. The maximum Gasteiger partial charge on any atom is 0.335 e. The molecule has 3 aliphatic rings. The number of nitrogens with one attached hydrogen (secondary N) is 2. The summed E-state index contributed by atoms with van der Waals surface area (Å²) < 4.78 is 0. The van der Waals surface area contributed by atoms with Gasteiger partial charge in [-0.05, 0) is 149 Å². The SMILES string of the molecule is C1=CNc2ccccc2N=C1.Cc1cc(C(=O)O)cc(C(=O)O)c1.O=C(Nc1ccc(C(=O)C2=c3ccc4c(c3CCC2)CC=c2ccccc2=4)cc1)c1cc(Cl)cc(Cl)c1. The average molecular weight is 849 g/mol. The van der Waals surface area contributed by atoms with Crippen LogP contribution in [-0.2, 0) is 12.8 Å². The summed E-state index contributed by atoms with van der Waals surface area (Å²) in [6.07, 6.45) is 11.4. The summed E-state index contributed by atoms with van der Waals surface area (Å²) in [6.45, 7) is 1.65. The molecule has 0 fully saturated rings. The number of carbonyl (C=O) groups is 4. The highest BCUT2D eigenvalue weighted by atomic mass is 35.5. The molecule has 0 radical (unpaired) electrons. The van der Waals surface area contributed by atoms with Gasteiger partial charge in [-0.1, -0.05) is 77.8 Å². The molecule has 1 aliphatic heterocycles. The number of aryl methyl sites for hydroxylation is 1. The minimum absolute atomic E-state index is 0.00241. The summed E-state index contributed by atoms with van der Waals surface area (Å²) in [7, 11) is 0. The van der Waals surface area contributed by atoms with Gasteiger partial charge in [0, 0.05) is 44.8 Å². The molecule has 6 aromatic rings. The molecule has 2 aliphatic carbocycles. The van der Waals surface area contributed by atoms with Crippen molar-refractivity contribution in [3.8, 4) is 0 Å². The van der Waals surface area contributed by atoms with Crippen molar-refractivity contribution < 1.29 is 29.4 Å². The topological polar surface area (TPSA) is 145 Å². The number of para-hydroxylation sites is 2. The maximum absolute atomic E-state index is 13.6. The molecule has 4 N–H and O–H groups in total. The number of benzene rings is 6. The Labute approximate surface area is 361 Å². The molecule has 9 nitrogen and oxygen atoms in total. The lowest BCUT2D eigenvalue weighted by atomic mass is 9.84. The van der Waals surface area contributed by atoms with Crippen LogP contribution < -0.4 is 21.1 Å². The first-order valence-electron chi connectivity index (χ1n) is 19.4. The Morgan fingerprint density at radius 3 is 2.07 bits per heavy atom. The lowest BCUT2D eigenvalue weighted by Gasteiger charge is -2.20. The Bertz CT molecular complexity index is 2960. The summed E-state index contributed by atoms with van der Waals surface area (Å²) in [5.41, 5.74) is 7.75. The number of carbonyl (C=O) groups excluding carboxylic acids is 2. The summed E-state index contributed by atoms with van der Waals surface area (Å²) in [6, 6.07) is 36.5. The van der Waals surface area contributed by atoms with E-state index < -0.39 is 11.9 Å². The van der Waals surface area contributed by atoms with Crippen molar-refractivity contribution in [3.63, 3.8) is 0 Å². The van der Waals surface area contributed by atoms with E-state index in [0.29, 0.717) is 32.4 Å². The standard InChI is InChI=1S/C32H23Cl2NO2.C9H8N2.C9H8O4/c33-22-16-21(17-23(34)18-22)32(37)35-24-11-8-20(9-12-24)31(36)30-7-3-6-26-28-13-10-19-4-1-2-5-25(19)27(28)14-15-29(26)30;1-2-5-9-8(4-1)10-6-3-7-11-9;1-5-2-6(8(10)11)4-7(3-5)9(12)13/h1-2,4-5,8-12,14-18H,3,6-7,13H2,(H,35,37);1-7,10H;2-4H,1H3,(H,10,11)(H,12,13). The molecule has 304 valence electrons. The zero-order valence-corrected chi connectivity index (χ0v) is 34.4. The van der Waals surface area contributed by atoms with Gasteiger partial charge in [0.15, 0.2) is 5.78 Å². The van der Waals surface area contributed by atoms with Crippen molar-refractivity contribution >= 4 is 81.8 Å². The van der Waals surface area contributed by atoms with Gasteiger partial charge in [-0.25, -0.2) is 9.59 Å². The molecule has 0 saturated heterocycles. The second kappa shape index (κ2) is 18.9. The fourth-order valence-electron chi connectivity index (χ4n) is 7.50. The molecular weight excluding hydrogens is 809 g/mol. The largest absolute Gasteiger partial charge is 0.478 e. The first kappa shape index (κ1) is 42.1. The maximum atomic E-state index is 13.6. The number of nitrogens with zero attached hydrogens (tertiary/aromatic N) is 1. The number of halogens is 2. The smallest absolute Gasteiger partial charge is 0.335 e. The zero-order chi connectivity index (χ0) is 43.0. The van der Waals surface area contributed by atoms with Crippen LogP contribution in [0, 0.1) is 17.4 Å². The number of allylic oxidation sites excluding steroid dienone is 1. The number of aliphatic imine (C=N–C) groups is 1.